The van der Waals surface area contributed by atoms with Crippen molar-refractivity contribution in [3.63, 3.8) is 0 Å². The van der Waals surface area contributed by atoms with Crippen LogP contribution in [0.3, 0.4) is 0 Å². The van der Waals surface area contributed by atoms with E-state index in [1.54, 1.807) is 0 Å². The molecule has 218 valence electrons. The second kappa shape index (κ2) is 11.4. The van der Waals surface area contributed by atoms with E-state index in [4.69, 9.17) is 9.16 Å². The molecule has 7 heteroatoms. The van der Waals surface area contributed by atoms with E-state index in [2.05, 4.69) is 60.7 Å². The molecule has 0 radical (unpaired) electrons. The molecular weight excluding hydrogens is 530 g/mol. The van der Waals surface area contributed by atoms with Crippen LogP contribution in [0.15, 0.2) is 78.9 Å². The van der Waals surface area contributed by atoms with E-state index in [0.29, 0.717) is 0 Å². The van der Waals surface area contributed by atoms with Crippen molar-refractivity contribution in [3.05, 3.63) is 101 Å². The average molecular weight is 574 g/mol. The topological polar surface area (TPSA) is 76.1 Å². The molecule has 0 aromatic heterocycles. The smallest absolute Gasteiger partial charge is 0.408 e. The van der Waals surface area contributed by atoms with E-state index in [0.717, 1.165) is 28.0 Å². The minimum atomic E-state index is -2.10. The Hall–Kier alpha value is -3.58. The van der Waals surface area contributed by atoms with Crippen molar-refractivity contribution in [1.29, 1.82) is 0 Å². The van der Waals surface area contributed by atoms with E-state index in [-0.39, 0.29) is 16.9 Å². The number of cyclic esters (lactones) is 1. The van der Waals surface area contributed by atoms with Crippen LogP contribution < -0.4 is 4.43 Å². The summed E-state index contributed by atoms with van der Waals surface area (Å²) in [4.78, 5) is 27.8. The Labute approximate surface area is 245 Å². The van der Waals surface area contributed by atoms with Crippen LogP contribution in [0.5, 0.6) is 5.75 Å². The van der Waals surface area contributed by atoms with Gasteiger partial charge in [0.2, 0.25) is 8.32 Å². The number of carbonyl (C=O) groups is 2. The quantitative estimate of drug-likeness (QED) is 0.237. The third kappa shape index (κ3) is 6.51. The normalized spacial score (nSPS) is 20.0. The van der Waals surface area contributed by atoms with E-state index < -0.39 is 38.6 Å². The minimum absolute atomic E-state index is 0.0381. The standard InChI is InChI=1S/C34H43NO5Si/c1-33(2,3)26-21-23(19-20-28(26)40-41(7,8)34(4,5)6)22-27-31(36)39-30(25-17-13-10-14-18-25)29(35(27)32(37)38)24-15-11-9-12-16-24/h9-21,27,29-30H,22H2,1-8H3,(H,37,38). The van der Waals surface area contributed by atoms with Crippen molar-refractivity contribution in [2.75, 3.05) is 0 Å². The van der Waals surface area contributed by atoms with Crippen molar-refractivity contribution in [3.8, 4) is 5.75 Å². The number of hydrogen-bond acceptors (Lipinski definition) is 4. The van der Waals surface area contributed by atoms with Crippen molar-refractivity contribution in [2.45, 2.75) is 89.7 Å². The predicted octanol–water partition coefficient (Wildman–Crippen LogP) is 8.30. The lowest BCUT2D eigenvalue weighted by Gasteiger charge is -2.44. The molecule has 1 amide bonds. The molecule has 1 heterocycles. The molecular formula is C34H43NO5Si. The molecule has 0 bridgehead atoms. The maximum absolute atomic E-state index is 13.6. The Bertz CT molecular complexity index is 1380. The van der Waals surface area contributed by atoms with Crippen LogP contribution in [0.25, 0.3) is 0 Å². The van der Waals surface area contributed by atoms with Gasteiger partial charge in [0.05, 0.1) is 0 Å². The van der Waals surface area contributed by atoms with Crippen LogP contribution in [-0.4, -0.2) is 36.4 Å². The Kier molecular flexibility index (Phi) is 8.42. The molecule has 3 unspecified atom stereocenters. The van der Waals surface area contributed by atoms with Crippen molar-refractivity contribution < 1.29 is 23.9 Å². The molecule has 1 fully saturated rings. The minimum Gasteiger partial charge on any atom is -0.543 e. The van der Waals surface area contributed by atoms with Crippen LogP contribution in [0.4, 0.5) is 4.79 Å². The molecule has 3 aromatic rings. The number of carboxylic acid groups (broad SMARTS) is 1. The third-order valence-electron chi connectivity index (χ3n) is 8.38. The number of benzene rings is 3. The van der Waals surface area contributed by atoms with Gasteiger partial charge in [0, 0.05) is 6.42 Å². The van der Waals surface area contributed by atoms with Gasteiger partial charge in [-0.3, -0.25) is 4.90 Å². The third-order valence-corrected chi connectivity index (χ3v) is 12.7. The average Bonchev–Trinajstić information content (AvgIpc) is 2.89. The summed E-state index contributed by atoms with van der Waals surface area (Å²) in [6.45, 7) is 17.5. The molecule has 0 spiro atoms. The van der Waals surface area contributed by atoms with Gasteiger partial charge in [0.15, 0.2) is 6.10 Å². The molecule has 1 aliphatic rings. The summed E-state index contributed by atoms with van der Waals surface area (Å²) in [5.41, 5.74) is 3.19. The highest BCUT2D eigenvalue weighted by atomic mass is 28.4. The maximum atomic E-state index is 13.6. The molecule has 1 saturated heterocycles. The molecule has 41 heavy (non-hydrogen) atoms. The number of ether oxygens (including phenoxy) is 1. The predicted molar refractivity (Wildman–Crippen MR) is 165 cm³/mol. The molecule has 6 nitrogen and oxygen atoms in total. The number of rotatable bonds is 6. The summed E-state index contributed by atoms with van der Waals surface area (Å²) in [5.74, 6) is 0.299. The zero-order valence-electron chi connectivity index (χ0n) is 25.5. The zero-order valence-corrected chi connectivity index (χ0v) is 26.5. The summed E-state index contributed by atoms with van der Waals surface area (Å²) >= 11 is 0. The maximum Gasteiger partial charge on any atom is 0.408 e. The summed E-state index contributed by atoms with van der Waals surface area (Å²) in [6.07, 6.45) is -1.72. The molecule has 3 atom stereocenters. The van der Waals surface area contributed by atoms with Crippen LogP contribution in [0.1, 0.15) is 75.9 Å². The summed E-state index contributed by atoms with van der Waals surface area (Å²) < 4.78 is 12.8. The van der Waals surface area contributed by atoms with Gasteiger partial charge in [-0.1, -0.05) is 114 Å². The fourth-order valence-electron chi connectivity index (χ4n) is 5.06. The summed E-state index contributed by atoms with van der Waals surface area (Å²) in [5, 5.41) is 10.6. The van der Waals surface area contributed by atoms with Crippen LogP contribution >= 0.6 is 0 Å². The number of nitrogens with zero attached hydrogens (tertiary/aromatic N) is 1. The van der Waals surface area contributed by atoms with Crippen LogP contribution in [0.2, 0.25) is 18.1 Å². The first-order valence-electron chi connectivity index (χ1n) is 14.2. The van der Waals surface area contributed by atoms with Crippen molar-refractivity contribution in [2.24, 2.45) is 0 Å². The second-order valence-electron chi connectivity index (χ2n) is 13.5. The number of carbonyl (C=O) groups excluding carboxylic acids is 1. The van der Waals surface area contributed by atoms with Crippen molar-refractivity contribution >= 4 is 20.4 Å². The van der Waals surface area contributed by atoms with Gasteiger partial charge in [-0.2, -0.15) is 0 Å². The Balaban J connectivity index is 1.75. The number of morpholine rings is 1. The number of hydrogen-bond donors (Lipinski definition) is 1. The number of esters is 1. The number of amides is 1. The van der Waals surface area contributed by atoms with Gasteiger partial charge in [0.1, 0.15) is 17.8 Å². The molecule has 3 aromatic carbocycles. The van der Waals surface area contributed by atoms with Crippen LogP contribution in [0, 0.1) is 0 Å². The van der Waals surface area contributed by atoms with Crippen LogP contribution in [-0.2, 0) is 21.4 Å². The Morgan fingerprint density at radius 1 is 0.902 bits per heavy atom. The fraction of sp³-hybridized carbons (Fsp3) is 0.412. The van der Waals surface area contributed by atoms with Gasteiger partial charge < -0.3 is 14.3 Å². The molecule has 0 aliphatic carbocycles. The van der Waals surface area contributed by atoms with E-state index in [1.807, 2.05) is 72.8 Å². The zero-order chi connectivity index (χ0) is 30.2. The first kappa shape index (κ1) is 30.4. The van der Waals surface area contributed by atoms with Gasteiger partial charge in [-0.15, -0.1) is 0 Å². The highest BCUT2D eigenvalue weighted by molar-refractivity contribution is 6.74. The van der Waals surface area contributed by atoms with E-state index >= 15 is 0 Å². The Morgan fingerprint density at radius 2 is 1.46 bits per heavy atom. The second-order valence-corrected chi connectivity index (χ2v) is 18.2. The molecule has 4 rings (SSSR count). The first-order chi connectivity index (χ1) is 19.1. The summed E-state index contributed by atoms with van der Waals surface area (Å²) in [7, 11) is -2.10. The Morgan fingerprint density at radius 3 is 1.98 bits per heavy atom. The van der Waals surface area contributed by atoms with E-state index in [1.165, 1.54) is 4.90 Å². The molecule has 0 saturated carbocycles. The lowest BCUT2D eigenvalue weighted by Crippen LogP contribution is -2.54. The van der Waals surface area contributed by atoms with Gasteiger partial charge in [0.25, 0.3) is 0 Å². The summed E-state index contributed by atoms with van der Waals surface area (Å²) in [6, 6.07) is 23.1. The lowest BCUT2D eigenvalue weighted by molar-refractivity contribution is -0.172. The SMILES string of the molecule is CC(C)(C)c1cc(CC2C(=O)OC(c3ccccc3)C(c3ccccc3)N2C(=O)O)ccc1O[Si](C)(C)C(C)(C)C. The molecule has 1 N–H and O–H groups in total. The molecule has 1 aliphatic heterocycles. The fourth-order valence-corrected chi connectivity index (χ4v) is 6.10. The van der Waals surface area contributed by atoms with Gasteiger partial charge in [-0.25, -0.2) is 9.59 Å². The van der Waals surface area contributed by atoms with Gasteiger partial charge in [-0.05, 0) is 51.9 Å². The van der Waals surface area contributed by atoms with E-state index in [9.17, 15) is 14.7 Å². The highest BCUT2D eigenvalue weighted by Crippen LogP contribution is 2.44. The van der Waals surface area contributed by atoms with Crippen molar-refractivity contribution in [1.82, 2.24) is 4.90 Å². The highest BCUT2D eigenvalue weighted by Gasteiger charge is 2.48. The largest absolute Gasteiger partial charge is 0.543 e. The first-order valence-corrected chi connectivity index (χ1v) is 17.1. The van der Waals surface area contributed by atoms with Gasteiger partial charge >= 0.3 is 12.1 Å². The lowest BCUT2D eigenvalue weighted by atomic mass is 9.84. The monoisotopic (exact) mass is 573 g/mol.